The fourth-order valence-electron chi connectivity index (χ4n) is 1.33. The van der Waals surface area contributed by atoms with E-state index in [2.05, 4.69) is 4.98 Å². The molecule has 0 amide bonds. The molecule has 0 saturated heterocycles. The third-order valence-corrected chi connectivity index (χ3v) is 3.08. The van der Waals surface area contributed by atoms with Gasteiger partial charge in [-0.25, -0.2) is 14.2 Å². The van der Waals surface area contributed by atoms with Crippen LogP contribution < -0.4 is 4.74 Å². The molecule has 1 aromatic heterocycles. The number of carbonyl (C=O) groups is 2. The Kier molecular flexibility index (Phi) is 3.86. The predicted octanol–water partition coefficient (Wildman–Crippen LogP) is 2.37. The van der Waals surface area contributed by atoms with Crippen LogP contribution in [0.5, 0.6) is 5.75 Å². The zero-order valence-electron chi connectivity index (χ0n) is 9.50. The lowest BCUT2D eigenvalue weighted by Gasteiger charge is -2.05. The number of aromatic nitrogens is 1. The first-order chi connectivity index (χ1) is 9.10. The molecule has 2 rings (SSSR count). The van der Waals surface area contributed by atoms with Crippen LogP contribution in [0.25, 0.3) is 0 Å². The van der Waals surface area contributed by atoms with Gasteiger partial charge < -0.3 is 9.84 Å². The smallest absolute Gasteiger partial charge is 0.365 e. The number of nitrogens with zero attached hydrogens (tertiary/aromatic N) is 1. The molecule has 5 nitrogen and oxygen atoms in total. The summed E-state index contributed by atoms with van der Waals surface area (Å²) in [7, 11) is 0. The SMILES string of the molecule is O=Cc1ccc(OCc2csc(C(=O)O)n2)c(F)c1. The molecule has 0 bridgehead atoms. The van der Waals surface area contributed by atoms with Crippen molar-refractivity contribution < 1.29 is 23.8 Å². The van der Waals surface area contributed by atoms with Crippen molar-refractivity contribution in [3.8, 4) is 5.75 Å². The number of benzene rings is 1. The number of aldehydes is 1. The zero-order valence-corrected chi connectivity index (χ0v) is 10.3. The van der Waals surface area contributed by atoms with Crippen molar-refractivity contribution in [2.45, 2.75) is 6.61 Å². The largest absolute Gasteiger partial charge is 0.484 e. The quantitative estimate of drug-likeness (QED) is 0.851. The van der Waals surface area contributed by atoms with E-state index in [4.69, 9.17) is 9.84 Å². The highest BCUT2D eigenvalue weighted by Gasteiger charge is 2.10. The van der Waals surface area contributed by atoms with Gasteiger partial charge in [-0.05, 0) is 18.2 Å². The molecule has 98 valence electrons. The van der Waals surface area contributed by atoms with Gasteiger partial charge in [-0.15, -0.1) is 11.3 Å². The normalized spacial score (nSPS) is 10.2. The van der Waals surface area contributed by atoms with Crippen LogP contribution in [0.4, 0.5) is 4.39 Å². The summed E-state index contributed by atoms with van der Waals surface area (Å²) in [5.41, 5.74) is 0.618. The average molecular weight is 281 g/mol. The summed E-state index contributed by atoms with van der Waals surface area (Å²) in [6, 6.07) is 3.82. The van der Waals surface area contributed by atoms with Crippen LogP contribution in [0.2, 0.25) is 0 Å². The summed E-state index contributed by atoms with van der Waals surface area (Å²) >= 11 is 0.972. The number of aromatic carboxylic acids is 1. The van der Waals surface area contributed by atoms with Crippen LogP contribution >= 0.6 is 11.3 Å². The Morgan fingerprint density at radius 3 is 2.89 bits per heavy atom. The molecule has 0 spiro atoms. The Morgan fingerprint density at radius 2 is 2.32 bits per heavy atom. The summed E-state index contributed by atoms with van der Waals surface area (Å²) in [4.78, 5) is 24.9. The molecular formula is C12H8FNO4S. The van der Waals surface area contributed by atoms with Gasteiger partial charge in [0.15, 0.2) is 11.6 Å². The number of hydrogen-bond donors (Lipinski definition) is 1. The molecule has 0 fully saturated rings. The Morgan fingerprint density at radius 1 is 1.53 bits per heavy atom. The molecule has 0 aliphatic heterocycles. The summed E-state index contributed by atoms with van der Waals surface area (Å²) in [5, 5.41) is 10.2. The van der Waals surface area contributed by atoms with Gasteiger partial charge in [0.05, 0.1) is 5.69 Å². The highest BCUT2D eigenvalue weighted by atomic mass is 32.1. The maximum absolute atomic E-state index is 13.5. The van der Waals surface area contributed by atoms with Gasteiger partial charge >= 0.3 is 5.97 Å². The van der Waals surface area contributed by atoms with E-state index in [1.54, 1.807) is 0 Å². The lowest BCUT2D eigenvalue weighted by molar-refractivity contribution is 0.0696. The van der Waals surface area contributed by atoms with Gasteiger partial charge in [-0.1, -0.05) is 0 Å². The lowest BCUT2D eigenvalue weighted by atomic mass is 10.2. The van der Waals surface area contributed by atoms with E-state index in [9.17, 15) is 14.0 Å². The van der Waals surface area contributed by atoms with Crippen LogP contribution in [-0.4, -0.2) is 22.3 Å². The van der Waals surface area contributed by atoms with Crippen molar-refractivity contribution in [3.05, 3.63) is 45.7 Å². The Balaban J connectivity index is 2.05. The number of hydrogen-bond acceptors (Lipinski definition) is 5. The molecule has 1 N–H and O–H groups in total. The Labute approximate surface area is 111 Å². The second kappa shape index (κ2) is 5.57. The standard InChI is InChI=1S/C12H8FNO4S/c13-9-3-7(4-15)1-2-10(9)18-5-8-6-19-11(14-8)12(16)17/h1-4,6H,5H2,(H,16,17). The van der Waals surface area contributed by atoms with Crippen LogP contribution in [-0.2, 0) is 6.61 Å². The number of thiazole rings is 1. The molecular weight excluding hydrogens is 273 g/mol. The highest BCUT2D eigenvalue weighted by Crippen LogP contribution is 2.19. The highest BCUT2D eigenvalue weighted by molar-refractivity contribution is 7.11. The van der Waals surface area contributed by atoms with Crippen molar-refractivity contribution in [1.29, 1.82) is 0 Å². The van der Waals surface area contributed by atoms with Gasteiger partial charge in [0.2, 0.25) is 5.01 Å². The van der Waals surface area contributed by atoms with Crippen molar-refractivity contribution in [2.24, 2.45) is 0 Å². The van der Waals surface area contributed by atoms with Crippen LogP contribution in [0, 0.1) is 5.82 Å². The fraction of sp³-hybridized carbons (Fsp3) is 0.0833. The molecule has 0 unspecified atom stereocenters. The number of carbonyl (C=O) groups excluding carboxylic acids is 1. The minimum Gasteiger partial charge on any atom is -0.484 e. The molecule has 0 aliphatic rings. The van der Waals surface area contributed by atoms with Gasteiger partial charge in [0.1, 0.15) is 12.9 Å². The Bertz CT molecular complexity index is 626. The Hall–Kier alpha value is -2.28. The molecule has 0 atom stereocenters. The summed E-state index contributed by atoms with van der Waals surface area (Å²) < 4.78 is 18.7. The van der Waals surface area contributed by atoms with Gasteiger partial charge in [0.25, 0.3) is 0 Å². The van der Waals surface area contributed by atoms with Crippen molar-refractivity contribution >= 4 is 23.6 Å². The number of rotatable bonds is 5. The molecule has 2 aromatic rings. The van der Waals surface area contributed by atoms with Crippen LogP contribution in [0.1, 0.15) is 25.9 Å². The lowest BCUT2D eigenvalue weighted by Crippen LogP contribution is -2.00. The minimum atomic E-state index is -1.11. The summed E-state index contributed by atoms with van der Waals surface area (Å²) in [6.07, 6.45) is 0.534. The number of ether oxygens (including phenoxy) is 1. The first-order valence-corrected chi connectivity index (χ1v) is 6.03. The summed E-state index contributed by atoms with van der Waals surface area (Å²) in [5.74, 6) is -1.79. The van der Waals surface area contributed by atoms with E-state index in [1.165, 1.54) is 17.5 Å². The van der Waals surface area contributed by atoms with Crippen molar-refractivity contribution in [2.75, 3.05) is 0 Å². The molecule has 0 saturated carbocycles. The van der Waals surface area contributed by atoms with E-state index in [0.29, 0.717) is 12.0 Å². The molecule has 19 heavy (non-hydrogen) atoms. The predicted molar refractivity (Wildman–Crippen MR) is 65.2 cm³/mol. The second-order valence-electron chi connectivity index (χ2n) is 3.55. The van der Waals surface area contributed by atoms with Crippen molar-refractivity contribution in [1.82, 2.24) is 4.98 Å². The van der Waals surface area contributed by atoms with E-state index in [0.717, 1.165) is 17.4 Å². The first kappa shape index (κ1) is 13.2. The third kappa shape index (κ3) is 3.14. The van der Waals surface area contributed by atoms with E-state index >= 15 is 0 Å². The summed E-state index contributed by atoms with van der Waals surface area (Å²) in [6.45, 7) is -0.0405. The number of carboxylic acid groups (broad SMARTS) is 1. The molecule has 0 radical (unpaired) electrons. The second-order valence-corrected chi connectivity index (χ2v) is 4.40. The molecule has 0 aliphatic carbocycles. The first-order valence-electron chi connectivity index (χ1n) is 5.15. The van der Waals surface area contributed by atoms with Crippen LogP contribution in [0.15, 0.2) is 23.6 Å². The third-order valence-electron chi connectivity index (χ3n) is 2.20. The van der Waals surface area contributed by atoms with E-state index in [-0.39, 0.29) is 22.9 Å². The minimum absolute atomic E-state index is 0.0181. The molecule has 1 heterocycles. The van der Waals surface area contributed by atoms with Gasteiger partial charge in [0, 0.05) is 10.9 Å². The van der Waals surface area contributed by atoms with Gasteiger partial charge in [-0.2, -0.15) is 0 Å². The van der Waals surface area contributed by atoms with E-state index in [1.807, 2.05) is 0 Å². The van der Waals surface area contributed by atoms with Crippen molar-refractivity contribution in [3.63, 3.8) is 0 Å². The maximum atomic E-state index is 13.5. The topological polar surface area (TPSA) is 76.5 Å². The van der Waals surface area contributed by atoms with Crippen LogP contribution in [0.3, 0.4) is 0 Å². The number of halogens is 1. The molecule has 7 heteroatoms. The van der Waals surface area contributed by atoms with Gasteiger partial charge in [-0.3, -0.25) is 4.79 Å². The van der Waals surface area contributed by atoms with E-state index < -0.39 is 11.8 Å². The average Bonchev–Trinajstić information content (AvgIpc) is 2.86. The molecule has 1 aromatic carbocycles. The zero-order chi connectivity index (χ0) is 13.8. The fourth-order valence-corrected chi connectivity index (χ4v) is 1.97. The number of carboxylic acids is 1. The monoisotopic (exact) mass is 281 g/mol. The maximum Gasteiger partial charge on any atom is 0.365 e.